The van der Waals surface area contributed by atoms with Crippen LogP contribution in [0.1, 0.15) is 0 Å². The third-order valence-corrected chi connectivity index (χ3v) is 0.133. The maximum absolute atomic E-state index is 10.4. The molecule has 5 heteroatoms. The summed E-state index contributed by atoms with van der Waals surface area (Å²) in [6.07, 6.45) is -2.74. The Hall–Kier alpha value is -0.740. The maximum atomic E-state index is 10.4. The number of hydrogen-bond acceptors (Lipinski definition) is 1. The van der Waals surface area contributed by atoms with E-state index < -0.39 is 11.5 Å². The molecule has 6 heavy (non-hydrogen) atoms. The standard InChI is InChI=1S/CF3NO/c2-1(6)5(3)4. The van der Waals surface area contributed by atoms with Gasteiger partial charge in [-0.1, -0.05) is 8.96 Å². The summed E-state index contributed by atoms with van der Waals surface area (Å²) >= 11 is 0. The largest absolute Gasteiger partial charge is 0.458 e. The predicted molar refractivity (Wildman–Crippen MR) is 10.6 cm³/mol. The van der Waals surface area contributed by atoms with Crippen LogP contribution in [0.2, 0.25) is 0 Å². The van der Waals surface area contributed by atoms with E-state index in [0.29, 0.717) is 0 Å². The molecule has 0 aliphatic heterocycles. The van der Waals surface area contributed by atoms with E-state index in [2.05, 4.69) is 0 Å². The highest BCUT2D eigenvalue weighted by Crippen LogP contribution is 1.90. The maximum Gasteiger partial charge on any atom is 0.458 e. The first kappa shape index (κ1) is 5.26. The molecule has 0 saturated heterocycles. The molecule has 0 heterocycles. The van der Waals surface area contributed by atoms with E-state index in [1.165, 1.54) is 0 Å². The van der Waals surface area contributed by atoms with Crippen LogP contribution in [0.4, 0.5) is 18.1 Å². The molecule has 0 aliphatic carbocycles. The van der Waals surface area contributed by atoms with Crippen molar-refractivity contribution in [3.05, 3.63) is 0 Å². The van der Waals surface area contributed by atoms with E-state index in [0.717, 1.165) is 0 Å². The van der Waals surface area contributed by atoms with Gasteiger partial charge in [0.15, 0.2) is 0 Å². The zero-order chi connectivity index (χ0) is 5.15. The second kappa shape index (κ2) is 1.64. The lowest BCUT2D eigenvalue weighted by Gasteiger charge is -1.83. The number of nitrogens with zero attached hydrogens (tertiary/aromatic N) is 1. The quantitative estimate of drug-likeness (QED) is 0.253. The molecule has 0 aromatic carbocycles. The first-order chi connectivity index (χ1) is 2.64. The van der Waals surface area contributed by atoms with Gasteiger partial charge in [0.25, 0.3) is 0 Å². The number of amides is 1. The van der Waals surface area contributed by atoms with Gasteiger partial charge in [0.05, 0.1) is 0 Å². The van der Waals surface area contributed by atoms with Crippen molar-refractivity contribution in [3.8, 4) is 0 Å². The molecule has 0 spiro atoms. The van der Waals surface area contributed by atoms with Crippen molar-refractivity contribution in [3.63, 3.8) is 0 Å². The highest BCUT2D eigenvalue weighted by molar-refractivity contribution is 5.62. The SMILES string of the molecule is O=C(F)N(F)F. The molecular weight excluding hydrogens is 99.0 g/mol. The van der Waals surface area contributed by atoms with Gasteiger partial charge in [-0.3, -0.25) is 0 Å². The van der Waals surface area contributed by atoms with Crippen molar-refractivity contribution in [1.82, 2.24) is 5.34 Å². The van der Waals surface area contributed by atoms with Gasteiger partial charge in [-0.05, 0) is 0 Å². The zero-order valence-electron chi connectivity index (χ0n) is 2.49. The Balaban J connectivity index is 3.26. The monoisotopic (exact) mass is 99.0 g/mol. The molecule has 0 aliphatic rings. The summed E-state index contributed by atoms with van der Waals surface area (Å²) < 4.78 is 30.9. The Morgan fingerprint density at radius 1 is 1.50 bits per heavy atom. The highest BCUT2D eigenvalue weighted by atomic mass is 19.4. The third-order valence-electron chi connectivity index (χ3n) is 0.133. The Bertz CT molecular complexity index is 61.8. The zero-order valence-corrected chi connectivity index (χ0v) is 2.49. The number of carbonyl (C=O) groups excluding carboxylic acids is 1. The Morgan fingerprint density at radius 2 is 1.67 bits per heavy atom. The van der Waals surface area contributed by atoms with Crippen LogP contribution < -0.4 is 0 Å². The average Bonchev–Trinajstić information content (AvgIpc) is 1.36. The van der Waals surface area contributed by atoms with Gasteiger partial charge in [-0.2, -0.15) is 0 Å². The Morgan fingerprint density at radius 3 is 1.67 bits per heavy atom. The summed E-state index contributed by atoms with van der Waals surface area (Å²) in [6.45, 7) is 0. The molecule has 0 atom stereocenters. The minimum absolute atomic E-state index is 2.14. The van der Waals surface area contributed by atoms with Crippen LogP contribution in [0.5, 0.6) is 0 Å². The fraction of sp³-hybridized carbons (Fsp3) is 0. The van der Waals surface area contributed by atoms with Gasteiger partial charge >= 0.3 is 6.16 Å². The molecule has 0 rings (SSSR count). The molecule has 2 nitrogen and oxygen atoms in total. The molecule has 0 unspecified atom stereocenters. The summed E-state index contributed by atoms with van der Waals surface area (Å²) in [6, 6.07) is 0. The molecule has 0 bridgehead atoms. The molecule has 0 aromatic heterocycles. The van der Waals surface area contributed by atoms with Crippen LogP contribution in [0.3, 0.4) is 0 Å². The summed E-state index contributed by atoms with van der Waals surface area (Å²) in [5, 5.41) is -2.14. The van der Waals surface area contributed by atoms with E-state index in [1.54, 1.807) is 0 Å². The van der Waals surface area contributed by atoms with E-state index in [9.17, 15) is 13.4 Å². The van der Waals surface area contributed by atoms with Crippen LogP contribution in [0, 0.1) is 0 Å². The van der Waals surface area contributed by atoms with E-state index >= 15 is 0 Å². The topological polar surface area (TPSA) is 20.3 Å². The predicted octanol–water partition coefficient (Wildman–Crippen LogP) is 1.15. The number of carbonyl (C=O) groups is 1. The fourth-order valence-electron chi connectivity index (χ4n) is 0. The highest BCUT2D eigenvalue weighted by Gasteiger charge is 2.06. The molecule has 1 amide bonds. The minimum atomic E-state index is -2.74. The molecule has 0 fully saturated rings. The fourth-order valence-corrected chi connectivity index (χ4v) is 0. The van der Waals surface area contributed by atoms with E-state index in [1.807, 2.05) is 0 Å². The van der Waals surface area contributed by atoms with Crippen LogP contribution in [-0.2, 0) is 0 Å². The molecule has 0 aromatic rings. The van der Waals surface area contributed by atoms with E-state index in [4.69, 9.17) is 4.79 Å². The Labute approximate surface area is 31.0 Å². The van der Waals surface area contributed by atoms with E-state index in [-0.39, 0.29) is 0 Å². The lowest BCUT2D eigenvalue weighted by atomic mass is 11.4. The number of hydrogen-bond donors (Lipinski definition) is 0. The number of halogens is 3. The van der Waals surface area contributed by atoms with Crippen LogP contribution >= 0.6 is 0 Å². The van der Waals surface area contributed by atoms with Gasteiger partial charge in [0.1, 0.15) is 0 Å². The lowest BCUT2D eigenvalue weighted by Crippen LogP contribution is -2.02. The normalized spacial score (nSPS) is 7.83. The van der Waals surface area contributed by atoms with Crippen molar-refractivity contribution < 1.29 is 18.1 Å². The first-order valence-corrected chi connectivity index (χ1v) is 0.955. The summed E-state index contributed by atoms with van der Waals surface area (Å²) in [5.74, 6) is 0. The van der Waals surface area contributed by atoms with Crippen LogP contribution in [0.15, 0.2) is 0 Å². The minimum Gasteiger partial charge on any atom is -0.229 e. The number of rotatable bonds is 0. The van der Waals surface area contributed by atoms with Gasteiger partial charge in [-0.25, -0.2) is 4.79 Å². The van der Waals surface area contributed by atoms with Crippen molar-refractivity contribution in [2.75, 3.05) is 0 Å². The second-order valence-corrected chi connectivity index (χ2v) is 0.486. The molecule has 0 saturated carbocycles. The van der Waals surface area contributed by atoms with Gasteiger partial charge in [-0.15, -0.1) is 4.39 Å². The summed E-state index contributed by atoms with van der Waals surface area (Å²) in [4.78, 5) is 8.65. The molecule has 0 radical (unpaired) electrons. The van der Waals surface area contributed by atoms with Gasteiger partial charge in [0, 0.05) is 5.34 Å². The Kier molecular flexibility index (Phi) is 1.43. The third kappa shape index (κ3) is 1.57. The summed E-state index contributed by atoms with van der Waals surface area (Å²) in [7, 11) is 0. The van der Waals surface area contributed by atoms with Crippen molar-refractivity contribution in [2.45, 2.75) is 0 Å². The van der Waals surface area contributed by atoms with Crippen LogP contribution in [-0.4, -0.2) is 11.5 Å². The smallest absolute Gasteiger partial charge is 0.229 e. The second-order valence-electron chi connectivity index (χ2n) is 0.486. The average molecular weight is 99.0 g/mol. The molecule has 0 N–H and O–H groups in total. The molecule has 36 valence electrons. The van der Waals surface area contributed by atoms with Crippen molar-refractivity contribution >= 4 is 6.16 Å². The summed E-state index contributed by atoms with van der Waals surface area (Å²) in [5.41, 5.74) is 0. The van der Waals surface area contributed by atoms with Gasteiger partial charge in [0.2, 0.25) is 0 Å². The van der Waals surface area contributed by atoms with Crippen molar-refractivity contribution in [2.24, 2.45) is 0 Å². The van der Waals surface area contributed by atoms with Crippen LogP contribution in [0.25, 0.3) is 0 Å². The molecular formula is CF3NO. The van der Waals surface area contributed by atoms with Gasteiger partial charge < -0.3 is 0 Å². The van der Waals surface area contributed by atoms with Crippen molar-refractivity contribution in [1.29, 1.82) is 0 Å². The first-order valence-electron chi connectivity index (χ1n) is 0.955. The lowest BCUT2D eigenvalue weighted by molar-refractivity contribution is -0.108.